The summed E-state index contributed by atoms with van der Waals surface area (Å²) in [6, 6.07) is 2.15. The van der Waals surface area contributed by atoms with Crippen molar-refractivity contribution >= 4 is 17.2 Å². The number of aromatic nitrogens is 6. The van der Waals surface area contributed by atoms with Crippen molar-refractivity contribution in [3.63, 3.8) is 0 Å². The number of fused-ring (bicyclic) bond motifs is 2. The first-order chi connectivity index (χ1) is 13.2. The number of hydrogen-bond acceptors (Lipinski definition) is 7. The summed E-state index contributed by atoms with van der Waals surface area (Å²) in [5.74, 6) is 1.66. The molecule has 4 aromatic heterocycles. The number of nitrogens with zero attached hydrogens (tertiary/aromatic N) is 6. The van der Waals surface area contributed by atoms with E-state index in [1.807, 2.05) is 29.1 Å². The lowest BCUT2D eigenvalue weighted by atomic mass is 10.1. The van der Waals surface area contributed by atoms with Gasteiger partial charge in [-0.2, -0.15) is 4.98 Å². The average molecular weight is 367 g/mol. The summed E-state index contributed by atoms with van der Waals surface area (Å²) in [5.41, 5.74) is 2.65. The number of anilines is 1. The number of ether oxygens (including phenoxy) is 2. The van der Waals surface area contributed by atoms with E-state index in [1.165, 1.54) is 0 Å². The van der Waals surface area contributed by atoms with E-state index >= 15 is 0 Å². The summed E-state index contributed by atoms with van der Waals surface area (Å²) in [4.78, 5) is 13.1. The van der Waals surface area contributed by atoms with Crippen LogP contribution in [0.25, 0.3) is 22.4 Å². The largest absolute Gasteiger partial charge is 0.479 e. The van der Waals surface area contributed by atoms with Gasteiger partial charge in [0, 0.05) is 61.9 Å². The number of nitrogens with one attached hydrogen (secondary N) is 1. The van der Waals surface area contributed by atoms with Gasteiger partial charge in [-0.25, -0.2) is 14.5 Å². The minimum absolute atomic E-state index is 0.176. The number of methoxy groups -OCH3 is 2. The monoisotopic (exact) mass is 367 g/mol. The highest BCUT2D eigenvalue weighted by molar-refractivity contribution is 5.84. The molecule has 0 aliphatic carbocycles. The Bertz CT molecular complexity index is 1070. The van der Waals surface area contributed by atoms with Gasteiger partial charge in [0.1, 0.15) is 5.52 Å². The number of rotatable bonds is 7. The second-order valence-corrected chi connectivity index (χ2v) is 6.27. The molecule has 0 saturated heterocycles. The molecule has 4 heterocycles. The number of hydrogen-bond donors (Lipinski definition) is 1. The summed E-state index contributed by atoms with van der Waals surface area (Å²) in [6.07, 6.45) is 10.1. The van der Waals surface area contributed by atoms with E-state index in [2.05, 4.69) is 32.3 Å². The third-order valence-corrected chi connectivity index (χ3v) is 4.36. The molecule has 9 heteroatoms. The molecule has 0 aliphatic rings. The third kappa shape index (κ3) is 3.28. The van der Waals surface area contributed by atoms with E-state index in [4.69, 9.17) is 9.47 Å². The lowest BCUT2D eigenvalue weighted by Gasteiger charge is -2.14. The third-order valence-electron chi connectivity index (χ3n) is 4.36. The minimum atomic E-state index is 0.176. The Morgan fingerprint density at radius 1 is 1.22 bits per heavy atom. The van der Waals surface area contributed by atoms with Gasteiger partial charge in [-0.15, -0.1) is 5.10 Å². The molecule has 1 N–H and O–H groups in total. The Hall–Kier alpha value is -3.20. The smallest absolute Gasteiger partial charge is 0.244 e. The molecule has 1 unspecified atom stereocenters. The highest BCUT2D eigenvalue weighted by Crippen LogP contribution is 2.31. The molecule has 9 nitrogen and oxygen atoms in total. The van der Waals surface area contributed by atoms with Gasteiger partial charge in [0.15, 0.2) is 0 Å². The summed E-state index contributed by atoms with van der Waals surface area (Å²) in [7, 11) is 3.30. The molecule has 0 bridgehead atoms. The first kappa shape index (κ1) is 17.2. The maximum Gasteiger partial charge on any atom is 0.244 e. The summed E-state index contributed by atoms with van der Waals surface area (Å²) < 4.78 is 14.3. The van der Waals surface area contributed by atoms with Crippen molar-refractivity contribution in [2.75, 3.05) is 26.1 Å². The molecule has 4 rings (SSSR count). The standard InChI is InChI=1S/C18H21N7O2/c1-12(5-9-26-2)21-17-22-16(27-3)15-14(4-7-25(15)23-17)13-10-20-18-19-6-8-24(18)11-13/h4,6-8,10-12H,5,9H2,1-3H3,(H,21,23). The van der Waals surface area contributed by atoms with Crippen molar-refractivity contribution in [3.05, 3.63) is 37.1 Å². The van der Waals surface area contributed by atoms with E-state index in [9.17, 15) is 0 Å². The molecule has 4 aromatic rings. The highest BCUT2D eigenvalue weighted by atomic mass is 16.5. The summed E-state index contributed by atoms with van der Waals surface area (Å²) >= 11 is 0. The van der Waals surface area contributed by atoms with Crippen LogP contribution in [0.4, 0.5) is 5.95 Å². The second-order valence-electron chi connectivity index (χ2n) is 6.27. The summed E-state index contributed by atoms with van der Waals surface area (Å²) in [5, 5.41) is 7.85. The van der Waals surface area contributed by atoms with Crippen LogP contribution in [0.2, 0.25) is 0 Å². The van der Waals surface area contributed by atoms with Gasteiger partial charge in [0.25, 0.3) is 0 Å². The van der Waals surface area contributed by atoms with Crippen LogP contribution in [-0.2, 0) is 4.74 Å². The Balaban J connectivity index is 1.73. The Labute approximate surface area is 156 Å². The van der Waals surface area contributed by atoms with Crippen molar-refractivity contribution in [1.82, 2.24) is 29.0 Å². The summed E-state index contributed by atoms with van der Waals surface area (Å²) in [6.45, 7) is 2.73. The Kier molecular flexibility index (Phi) is 4.59. The van der Waals surface area contributed by atoms with Crippen molar-refractivity contribution in [2.24, 2.45) is 0 Å². The molecule has 0 spiro atoms. The van der Waals surface area contributed by atoms with Gasteiger partial charge < -0.3 is 14.8 Å². The van der Waals surface area contributed by atoms with Crippen molar-refractivity contribution in [3.8, 4) is 17.0 Å². The molecule has 0 aromatic carbocycles. The molecule has 1 atom stereocenters. The fourth-order valence-electron chi connectivity index (χ4n) is 2.97. The first-order valence-electron chi connectivity index (χ1n) is 8.67. The van der Waals surface area contributed by atoms with Crippen LogP contribution in [0, 0.1) is 0 Å². The van der Waals surface area contributed by atoms with Crippen LogP contribution in [0.1, 0.15) is 13.3 Å². The van der Waals surface area contributed by atoms with Gasteiger partial charge >= 0.3 is 0 Å². The quantitative estimate of drug-likeness (QED) is 0.536. The van der Waals surface area contributed by atoms with E-state index in [0.29, 0.717) is 24.2 Å². The lowest BCUT2D eigenvalue weighted by molar-refractivity contribution is 0.191. The van der Waals surface area contributed by atoms with E-state index in [0.717, 1.165) is 23.1 Å². The molecule has 0 radical (unpaired) electrons. The zero-order valence-electron chi connectivity index (χ0n) is 15.5. The van der Waals surface area contributed by atoms with Gasteiger partial charge in [-0.1, -0.05) is 0 Å². The first-order valence-corrected chi connectivity index (χ1v) is 8.67. The van der Waals surface area contributed by atoms with Crippen LogP contribution in [-0.4, -0.2) is 55.8 Å². The van der Waals surface area contributed by atoms with E-state index < -0.39 is 0 Å². The normalized spacial score (nSPS) is 12.6. The van der Waals surface area contributed by atoms with Crippen LogP contribution in [0.15, 0.2) is 37.1 Å². The molecule has 27 heavy (non-hydrogen) atoms. The maximum absolute atomic E-state index is 5.55. The fourth-order valence-corrected chi connectivity index (χ4v) is 2.97. The molecule has 0 fully saturated rings. The van der Waals surface area contributed by atoms with Crippen molar-refractivity contribution in [1.29, 1.82) is 0 Å². The van der Waals surface area contributed by atoms with Crippen molar-refractivity contribution < 1.29 is 9.47 Å². The Morgan fingerprint density at radius 2 is 2.11 bits per heavy atom. The highest BCUT2D eigenvalue weighted by Gasteiger charge is 2.16. The minimum Gasteiger partial charge on any atom is -0.479 e. The lowest BCUT2D eigenvalue weighted by Crippen LogP contribution is -2.20. The second kappa shape index (κ2) is 7.20. The maximum atomic E-state index is 5.55. The predicted molar refractivity (Wildman–Crippen MR) is 101 cm³/mol. The molecule has 0 aliphatic heterocycles. The van der Waals surface area contributed by atoms with Crippen LogP contribution < -0.4 is 10.1 Å². The van der Waals surface area contributed by atoms with Gasteiger partial charge in [-0.3, -0.25) is 4.40 Å². The predicted octanol–water partition coefficient (Wildman–Crippen LogP) is 2.28. The molecule has 0 saturated carbocycles. The fraction of sp³-hybridized carbons (Fsp3) is 0.333. The molecule has 140 valence electrons. The number of imidazole rings is 1. The zero-order chi connectivity index (χ0) is 18.8. The average Bonchev–Trinajstić information content (AvgIpc) is 3.31. The van der Waals surface area contributed by atoms with Crippen LogP contribution >= 0.6 is 0 Å². The van der Waals surface area contributed by atoms with Crippen LogP contribution in [0.5, 0.6) is 5.88 Å². The zero-order valence-corrected chi connectivity index (χ0v) is 15.5. The van der Waals surface area contributed by atoms with Gasteiger partial charge in [0.2, 0.25) is 17.6 Å². The van der Waals surface area contributed by atoms with E-state index in [1.54, 1.807) is 31.1 Å². The molecular weight excluding hydrogens is 346 g/mol. The molecule has 0 amide bonds. The van der Waals surface area contributed by atoms with Gasteiger partial charge in [-0.05, 0) is 19.4 Å². The topological polar surface area (TPSA) is 90.9 Å². The molecular formula is C18H21N7O2. The van der Waals surface area contributed by atoms with Crippen LogP contribution in [0.3, 0.4) is 0 Å². The SMILES string of the molecule is COCCC(C)Nc1nc(OC)c2c(-c3cnc4nccn4c3)ccn2n1. The van der Waals surface area contributed by atoms with Gasteiger partial charge in [0.05, 0.1) is 7.11 Å². The Morgan fingerprint density at radius 3 is 2.93 bits per heavy atom. The van der Waals surface area contributed by atoms with E-state index in [-0.39, 0.29) is 6.04 Å². The van der Waals surface area contributed by atoms with Crippen molar-refractivity contribution in [2.45, 2.75) is 19.4 Å².